The van der Waals surface area contributed by atoms with Crippen LogP contribution in [0.25, 0.3) is 10.8 Å². The highest BCUT2D eigenvalue weighted by Gasteiger charge is 2.33. The van der Waals surface area contributed by atoms with Crippen molar-refractivity contribution >= 4 is 32.6 Å². The lowest BCUT2D eigenvalue weighted by Gasteiger charge is -2.33. The number of carbonyl (C=O) groups is 2. The number of sulfonamides is 1. The predicted molar refractivity (Wildman–Crippen MR) is 163 cm³/mol. The fourth-order valence-electron chi connectivity index (χ4n) is 4.70. The van der Waals surface area contributed by atoms with E-state index in [4.69, 9.17) is 0 Å². The average molecular weight is 572 g/mol. The maximum absolute atomic E-state index is 14.0. The SMILES string of the molecule is Cc1ccc(CN(C(=O)CN(C)S(=O)(=O)c2ccc3ccccc3c2)[C@@H](Cc2ccccc2)C(=O)NC(C)C)cc1. The van der Waals surface area contributed by atoms with Crippen LogP contribution in [0, 0.1) is 6.92 Å². The number of hydrogen-bond donors (Lipinski definition) is 1. The van der Waals surface area contributed by atoms with Crippen LogP contribution >= 0.6 is 0 Å². The van der Waals surface area contributed by atoms with Gasteiger partial charge < -0.3 is 10.2 Å². The number of carbonyl (C=O) groups excluding carboxylic acids is 2. The topological polar surface area (TPSA) is 86.8 Å². The highest BCUT2D eigenvalue weighted by molar-refractivity contribution is 7.89. The van der Waals surface area contributed by atoms with Gasteiger partial charge in [-0.15, -0.1) is 0 Å². The number of likely N-dealkylation sites (N-methyl/N-ethyl adjacent to an activating group) is 1. The third kappa shape index (κ3) is 7.60. The van der Waals surface area contributed by atoms with Crippen LogP contribution in [0.5, 0.6) is 0 Å². The van der Waals surface area contributed by atoms with Crippen molar-refractivity contribution < 1.29 is 18.0 Å². The first-order valence-electron chi connectivity index (χ1n) is 13.7. The van der Waals surface area contributed by atoms with Crippen molar-refractivity contribution in [2.24, 2.45) is 0 Å². The quantitative estimate of drug-likeness (QED) is 0.277. The highest BCUT2D eigenvalue weighted by Crippen LogP contribution is 2.22. The summed E-state index contributed by atoms with van der Waals surface area (Å²) in [5, 5.41) is 4.67. The molecule has 4 aromatic carbocycles. The molecule has 0 fully saturated rings. The van der Waals surface area contributed by atoms with E-state index in [9.17, 15) is 18.0 Å². The van der Waals surface area contributed by atoms with Gasteiger partial charge in [0, 0.05) is 26.1 Å². The van der Waals surface area contributed by atoms with Gasteiger partial charge in [-0.1, -0.05) is 90.5 Å². The summed E-state index contributed by atoms with van der Waals surface area (Å²) in [7, 11) is -2.58. The first-order valence-corrected chi connectivity index (χ1v) is 15.1. The molecule has 8 heteroatoms. The van der Waals surface area contributed by atoms with Gasteiger partial charge >= 0.3 is 0 Å². The lowest BCUT2D eigenvalue weighted by molar-refractivity contribution is -0.141. The minimum atomic E-state index is -3.98. The standard InChI is InChI=1S/C33H37N3O4S/c1-24(2)34-33(38)31(20-26-10-6-5-7-11-26)36(22-27-16-14-25(3)15-17-27)32(37)23-35(4)41(39,40)30-19-18-28-12-8-9-13-29(28)21-30/h5-19,21,24,31H,20,22-23H2,1-4H3,(H,34,38)/t31-/m0/s1. The predicted octanol–water partition coefficient (Wildman–Crippen LogP) is 4.93. The molecule has 2 amide bonds. The van der Waals surface area contributed by atoms with Crippen molar-refractivity contribution in [2.75, 3.05) is 13.6 Å². The molecular weight excluding hydrogens is 534 g/mol. The Morgan fingerprint density at radius 2 is 1.44 bits per heavy atom. The Kier molecular flexibility index (Phi) is 9.57. The summed E-state index contributed by atoms with van der Waals surface area (Å²) in [5.74, 6) is -0.748. The van der Waals surface area contributed by atoms with Gasteiger partial charge in [0.05, 0.1) is 11.4 Å². The maximum atomic E-state index is 14.0. The largest absolute Gasteiger partial charge is 0.352 e. The van der Waals surface area contributed by atoms with Gasteiger partial charge in [-0.25, -0.2) is 8.42 Å². The van der Waals surface area contributed by atoms with E-state index in [1.54, 1.807) is 18.2 Å². The van der Waals surface area contributed by atoms with E-state index in [-0.39, 0.29) is 29.8 Å². The second-order valence-corrected chi connectivity index (χ2v) is 12.7. The number of rotatable bonds is 11. The minimum Gasteiger partial charge on any atom is -0.352 e. The number of amides is 2. The first kappa shape index (κ1) is 30.0. The molecule has 0 aromatic heterocycles. The monoisotopic (exact) mass is 571 g/mol. The summed E-state index contributed by atoms with van der Waals surface area (Å²) in [6.07, 6.45) is 0.290. The summed E-state index contributed by atoms with van der Waals surface area (Å²) >= 11 is 0. The van der Waals surface area contributed by atoms with Gasteiger partial charge in [0.2, 0.25) is 21.8 Å². The highest BCUT2D eigenvalue weighted by atomic mass is 32.2. The molecule has 214 valence electrons. The molecule has 7 nitrogen and oxygen atoms in total. The molecule has 0 saturated heterocycles. The van der Waals surface area contributed by atoms with E-state index in [1.165, 1.54) is 11.9 Å². The van der Waals surface area contributed by atoms with Crippen LogP contribution in [0.4, 0.5) is 0 Å². The normalized spacial score (nSPS) is 12.4. The molecule has 1 N–H and O–H groups in total. The third-order valence-electron chi connectivity index (χ3n) is 6.96. The zero-order valence-corrected chi connectivity index (χ0v) is 24.8. The number of benzene rings is 4. The Balaban J connectivity index is 1.66. The lowest BCUT2D eigenvalue weighted by atomic mass is 10.0. The number of nitrogens with one attached hydrogen (secondary N) is 1. The van der Waals surface area contributed by atoms with E-state index in [1.807, 2.05) is 99.6 Å². The molecule has 0 saturated carbocycles. The summed E-state index contributed by atoms with van der Waals surface area (Å²) < 4.78 is 28.1. The van der Waals surface area contributed by atoms with E-state index in [2.05, 4.69) is 5.32 Å². The molecule has 0 aliphatic rings. The molecule has 0 spiro atoms. The van der Waals surface area contributed by atoms with Crippen LogP contribution < -0.4 is 5.32 Å². The van der Waals surface area contributed by atoms with Crippen molar-refractivity contribution in [3.05, 3.63) is 114 Å². The molecule has 0 bridgehead atoms. The smallest absolute Gasteiger partial charge is 0.243 e. The summed E-state index contributed by atoms with van der Waals surface area (Å²) in [4.78, 5) is 29.1. The van der Waals surface area contributed by atoms with Gasteiger partial charge in [-0.3, -0.25) is 9.59 Å². The van der Waals surface area contributed by atoms with Gasteiger partial charge in [0.1, 0.15) is 6.04 Å². The van der Waals surface area contributed by atoms with Crippen LogP contribution in [0.2, 0.25) is 0 Å². The average Bonchev–Trinajstić information content (AvgIpc) is 2.95. The third-order valence-corrected chi connectivity index (χ3v) is 8.76. The zero-order chi connectivity index (χ0) is 29.6. The van der Waals surface area contributed by atoms with Crippen LogP contribution in [0.15, 0.2) is 102 Å². The molecule has 0 radical (unpaired) electrons. The zero-order valence-electron chi connectivity index (χ0n) is 23.9. The number of aryl methyl sites for hydroxylation is 1. The van der Waals surface area contributed by atoms with Crippen molar-refractivity contribution in [3.8, 4) is 0 Å². The van der Waals surface area contributed by atoms with Gasteiger partial charge in [-0.2, -0.15) is 4.31 Å². The molecular formula is C33H37N3O4S. The first-order chi connectivity index (χ1) is 19.5. The molecule has 0 aliphatic carbocycles. The number of hydrogen-bond acceptors (Lipinski definition) is 4. The number of fused-ring (bicyclic) bond motifs is 1. The Morgan fingerprint density at radius 1 is 0.805 bits per heavy atom. The van der Waals surface area contributed by atoms with E-state index >= 15 is 0 Å². The van der Waals surface area contributed by atoms with Crippen molar-refractivity contribution in [1.29, 1.82) is 0 Å². The van der Waals surface area contributed by atoms with Crippen LogP contribution in [0.3, 0.4) is 0 Å². The van der Waals surface area contributed by atoms with Crippen LogP contribution in [-0.2, 0) is 32.6 Å². The molecule has 4 rings (SSSR count). The van der Waals surface area contributed by atoms with Gasteiger partial charge in [-0.05, 0) is 54.8 Å². The second kappa shape index (κ2) is 13.1. The summed E-state index contributed by atoms with van der Waals surface area (Å²) in [6, 6.07) is 28.7. The molecule has 41 heavy (non-hydrogen) atoms. The van der Waals surface area contributed by atoms with Crippen molar-refractivity contribution in [1.82, 2.24) is 14.5 Å². The van der Waals surface area contributed by atoms with Crippen molar-refractivity contribution in [2.45, 2.75) is 50.7 Å². The van der Waals surface area contributed by atoms with E-state index < -0.39 is 28.5 Å². The lowest BCUT2D eigenvalue weighted by Crippen LogP contribution is -2.53. The van der Waals surface area contributed by atoms with Gasteiger partial charge in [0.15, 0.2) is 0 Å². The molecule has 1 atom stereocenters. The molecule has 4 aromatic rings. The second-order valence-electron chi connectivity index (χ2n) is 10.6. The molecule has 0 unspecified atom stereocenters. The van der Waals surface area contributed by atoms with E-state index in [0.29, 0.717) is 0 Å². The Labute approximate surface area is 242 Å². The molecule has 0 aliphatic heterocycles. The Morgan fingerprint density at radius 3 is 2.10 bits per heavy atom. The minimum absolute atomic E-state index is 0.106. The van der Waals surface area contributed by atoms with Crippen LogP contribution in [0.1, 0.15) is 30.5 Å². The summed E-state index contributed by atoms with van der Waals surface area (Å²) in [6.45, 7) is 5.46. The van der Waals surface area contributed by atoms with Gasteiger partial charge in [0.25, 0.3) is 0 Å². The number of nitrogens with zero attached hydrogens (tertiary/aromatic N) is 2. The fourth-order valence-corrected chi connectivity index (χ4v) is 5.86. The Bertz CT molecular complexity index is 1600. The van der Waals surface area contributed by atoms with E-state index in [0.717, 1.165) is 31.8 Å². The Hall–Kier alpha value is -4.01. The molecule has 0 heterocycles. The fraction of sp³-hybridized carbons (Fsp3) is 0.273. The van der Waals surface area contributed by atoms with Crippen LogP contribution in [-0.4, -0.2) is 55.1 Å². The maximum Gasteiger partial charge on any atom is 0.243 e. The van der Waals surface area contributed by atoms with Crippen molar-refractivity contribution in [3.63, 3.8) is 0 Å². The summed E-state index contributed by atoms with van der Waals surface area (Å²) in [5.41, 5.74) is 2.82.